The third-order valence-corrected chi connectivity index (χ3v) is 0. The summed E-state index contributed by atoms with van der Waals surface area (Å²) in [5.74, 6) is 0. The van der Waals surface area contributed by atoms with E-state index < -0.39 is 0 Å². The predicted molar refractivity (Wildman–Crippen MR) is 0 cm³/mol. The van der Waals surface area contributed by atoms with Crippen molar-refractivity contribution in [3.63, 3.8) is 0 Å². The van der Waals surface area contributed by atoms with Crippen LogP contribution < -0.4 is 90.7 Å². The molecule has 0 aliphatic carbocycles. The van der Waals surface area contributed by atoms with Crippen LogP contribution in [-0.4, -0.2) is 0 Å². The van der Waals surface area contributed by atoms with Gasteiger partial charge in [-0.15, -0.1) is 0 Å². The Morgan fingerprint density at radius 2 is 0.667 bits per heavy atom. The maximum Gasteiger partial charge on any atom is 1.00 e. The summed E-state index contributed by atoms with van der Waals surface area (Å²) in [6.45, 7) is 0. The first-order valence-electron chi connectivity index (χ1n) is 0. The van der Waals surface area contributed by atoms with Crippen molar-refractivity contribution in [1.82, 2.24) is 0 Å². The average molecular weight is 155 g/mol. The van der Waals surface area contributed by atoms with E-state index in [1.54, 1.807) is 0 Å². The largest absolute Gasteiger partial charge is 1.00 e. The molecule has 0 aromatic carbocycles. The molecule has 0 unspecified atom stereocenters. The van der Waals surface area contributed by atoms with E-state index in [9.17, 15) is 0 Å². The molecule has 0 aromatic heterocycles. The Morgan fingerprint density at radius 3 is 0.667 bits per heavy atom. The van der Waals surface area contributed by atoms with Gasteiger partial charge < -0.3 is 34.1 Å². The molecule has 0 fully saturated rings. The number of rotatable bonds is 0. The second-order valence-electron chi connectivity index (χ2n) is 0. The zero-order valence-electron chi connectivity index (χ0n) is 4.13. The first kappa shape index (κ1) is 76.7. The van der Waals surface area contributed by atoms with Gasteiger partial charge in [0, 0.05) is 0 Å². The van der Waals surface area contributed by atoms with E-state index in [-0.39, 0.29) is 90.7 Å². The zero-order chi connectivity index (χ0) is 0. The van der Waals surface area contributed by atoms with Gasteiger partial charge in [-0.3, -0.25) is 0 Å². The summed E-state index contributed by atoms with van der Waals surface area (Å²) in [4.78, 5) is 0. The van der Waals surface area contributed by atoms with Crippen LogP contribution in [0.3, 0.4) is 0 Å². The quantitative estimate of drug-likeness (QED) is 0.305. The van der Waals surface area contributed by atoms with Gasteiger partial charge in [-0.1, -0.05) is 0 Å². The van der Waals surface area contributed by atoms with E-state index in [1.807, 2.05) is 0 Å². The van der Waals surface area contributed by atoms with Gasteiger partial charge in [0.1, 0.15) is 0 Å². The van der Waals surface area contributed by atoms with Crippen molar-refractivity contribution in [3.05, 3.63) is 0 Å². The maximum atomic E-state index is 0. The summed E-state index contributed by atoms with van der Waals surface area (Å²) in [6, 6.07) is 0. The predicted octanol–water partition coefficient (Wildman–Crippen LogP) is -18.0. The minimum absolute atomic E-state index is 0. The van der Waals surface area contributed by atoms with Gasteiger partial charge in [-0.2, -0.15) is 0 Å². The van der Waals surface area contributed by atoms with Crippen molar-refractivity contribution in [1.29, 1.82) is 0 Å². The van der Waals surface area contributed by atoms with Crippen molar-refractivity contribution in [2.75, 3.05) is 0 Å². The molecule has 0 aliphatic rings. The summed E-state index contributed by atoms with van der Waals surface area (Å²) in [6.07, 6.45) is 0. The minimum Gasteiger partial charge on any atom is -1.00 e. The van der Waals surface area contributed by atoms with Gasteiger partial charge in [0.2, 0.25) is 0 Å². The maximum absolute atomic E-state index is 0. The molecule has 0 heterocycles. The van der Waals surface area contributed by atoms with Gasteiger partial charge >= 0.3 is 56.6 Å². The van der Waals surface area contributed by atoms with Gasteiger partial charge in [0.25, 0.3) is 0 Å². The van der Waals surface area contributed by atoms with Crippen molar-refractivity contribution >= 4 is 0 Å². The second kappa shape index (κ2) is 50.8. The first-order chi connectivity index (χ1) is 0. The Hall–Kier alpha value is 2.49. The van der Waals surface area contributed by atoms with Crippen LogP contribution in [0.5, 0.6) is 0 Å². The van der Waals surface area contributed by atoms with E-state index in [2.05, 4.69) is 0 Å². The normalized spacial score (nSPS) is 0. The molecule has 0 N–H and O–H groups in total. The van der Waals surface area contributed by atoms with Crippen LogP contribution >= 0.6 is 0 Å². The standard InChI is InChI=1S/BrH.ClH.FH.3Li/h3*1H;;;/q;;;3*+1/p-3. The molecule has 0 saturated heterocycles. The molecule has 0 atom stereocenters. The molecule has 6 heteroatoms. The van der Waals surface area contributed by atoms with E-state index in [0.717, 1.165) is 0 Å². The molecular formula is BrClFLi3. The molecule has 0 spiro atoms. The molecule has 0 bridgehead atoms. The van der Waals surface area contributed by atoms with Gasteiger partial charge in [0.15, 0.2) is 0 Å². The molecule has 0 nitrogen and oxygen atoms in total. The van der Waals surface area contributed by atoms with Crippen LogP contribution in [0, 0.1) is 0 Å². The fraction of sp³-hybridized carbons (Fsp3) is 0. The second-order valence-corrected chi connectivity index (χ2v) is 0. The molecular weight excluding hydrogens is 155 g/mol. The summed E-state index contributed by atoms with van der Waals surface area (Å²) in [7, 11) is 0. The van der Waals surface area contributed by atoms with Crippen LogP contribution in [0.1, 0.15) is 0 Å². The average Bonchev–Trinajstić information content (AvgIpc) is 0. The summed E-state index contributed by atoms with van der Waals surface area (Å²) in [5, 5.41) is 0. The molecule has 0 rings (SSSR count). The Kier molecular flexibility index (Phi) is 650. The van der Waals surface area contributed by atoms with Gasteiger partial charge in [-0.25, -0.2) is 0 Å². The Balaban J connectivity index is 0. The summed E-state index contributed by atoms with van der Waals surface area (Å²) in [5.41, 5.74) is 0. The topological polar surface area (TPSA) is 0 Å². The molecule has 6 heavy (non-hydrogen) atoms. The van der Waals surface area contributed by atoms with Crippen LogP contribution in [0.15, 0.2) is 0 Å². The Bertz CT molecular complexity index is 10.8. The molecule has 0 saturated carbocycles. The van der Waals surface area contributed by atoms with Crippen molar-refractivity contribution < 1.29 is 90.7 Å². The van der Waals surface area contributed by atoms with Crippen molar-refractivity contribution in [2.24, 2.45) is 0 Å². The number of halogens is 3. The molecule has 24 valence electrons. The van der Waals surface area contributed by atoms with Crippen LogP contribution in [0.2, 0.25) is 0 Å². The van der Waals surface area contributed by atoms with Crippen LogP contribution in [0.25, 0.3) is 0 Å². The number of hydrogen-bond donors (Lipinski definition) is 0. The SMILES string of the molecule is [Br-].[Cl-].[F-].[Li+].[Li+].[Li+]. The van der Waals surface area contributed by atoms with Crippen LogP contribution in [0.4, 0.5) is 0 Å². The monoisotopic (exact) mass is 154 g/mol. The third kappa shape index (κ3) is 31.5. The van der Waals surface area contributed by atoms with E-state index in [0.29, 0.717) is 0 Å². The molecule has 0 amide bonds. The van der Waals surface area contributed by atoms with Crippen molar-refractivity contribution in [2.45, 2.75) is 0 Å². The van der Waals surface area contributed by atoms with Crippen molar-refractivity contribution in [3.8, 4) is 0 Å². The van der Waals surface area contributed by atoms with Gasteiger partial charge in [0.05, 0.1) is 0 Å². The van der Waals surface area contributed by atoms with Gasteiger partial charge in [-0.05, 0) is 0 Å². The Labute approximate surface area is 89.7 Å². The zero-order valence-corrected chi connectivity index (χ0v) is 6.48. The first-order valence-corrected chi connectivity index (χ1v) is 0. The fourth-order valence-electron chi connectivity index (χ4n) is 0. The van der Waals surface area contributed by atoms with E-state index >= 15 is 0 Å². The summed E-state index contributed by atoms with van der Waals surface area (Å²) < 4.78 is 0. The van der Waals surface area contributed by atoms with E-state index in [1.165, 1.54) is 0 Å². The molecule has 0 aromatic rings. The molecule has 0 aliphatic heterocycles. The summed E-state index contributed by atoms with van der Waals surface area (Å²) >= 11 is 0. The third-order valence-electron chi connectivity index (χ3n) is 0. The minimum atomic E-state index is 0. The fourth-order valence-corrected chi connectivity index (χ4v) is 0. The van der Waals surface area contributed by atoms with E-state index in [4.69, 9.17) is 0 Å². The number of hydrogen-bond acceptors (Lipinski definition) is 0. The Morgan fingerprint density at radius 1 is 0.667 bits per heavy atom. The smallest absolute Gasteiger partial charge is 1.00 e. The molecule has 0 radical (unpaired) electrons. The van der Waals surface area contributed by atoms with Crippen LogP contribution in [-0.2, 0) is 0 Å².